The van der Waals surface area contributed by atoms with Crippen LogP contribution in [0.3, 0.4) is 0 Å². The molecule has 0 heterocycles. The van der Waals surface area contributed by atoms with Gasteiger partial charge < -0.3 is 15.3 Å². The third-order valence-electron chi connectivity index (χ3n) is 9.39. The summed E-state index contributed by atoms with van der Waals surface area (Å²) in [7, 11) is 0. The van der Waals surface area contributed by atoms with Crippen molar-refractivity contribution < 1.29 is 20.1 Å². The van der Waals surface area contributed by atoms with Gasteiger partial charge in [-0.2, -0.15) is 0 Å². The predicted octanol–water partition coefficient (Wildman–Crippen LogP) is 2.68. The molecule has 4 saturated carbocycles. The van der Waals surface area contributed by atoms with Gasteiger partial charge in [0.05, 0.1) is 6.10 Å². The van der Waals surface area contributed by atoms with Crippen LogP contribution in [0.5, 0.6) is 0 Å². The largest absolute Gasteiger partial charge is 0.393 e. The molecule has 0 aromatic rings. The Balaban J connectivity index is 1.63. The molecule has 4 rings (SSSR count). The highest BCUT2D eigenvalue weighted by molar-refractivity contribution is 5.89. The predicted molar refractivity (Wildman–Crippen MR) is 94.8 cm³/mol. The normalized spacial score (nSPS) is 55.2. The van der Waals surface area contributed by atoms with Crippen LogP contribution in [0.15, 0.2) is 0 Å². The van der Waals surface area contributed by atoms with E-state index in [-0.39, 0.29) is 17.3 Å². The highest BCUT2D eigenvalue weighted by Crippen LogP contribution is 2.68. The van der Waals surface area contributed by atoms with Crippen molar-refractivity contribution in [3.63, 3.8) is 0 Å². The quantitative estimate of drug-likeness (QED) is 0.715. The first-order chi connectivity index (χ1) is 11.8. The summed E-state index contributed by atoms with van der Waals surface area (Å²) in [5, 5.41) is 30.7. The van der Waals surface area contributed by atoms with Gasteiger partial charge in [-0.3, -0.25) is 4.79 Å². The zero-order valence-corrected chi connectivity index (χ0v) is 15.7. The molecule has 4 aliphatic carbocycles. The Kier molecular flexibility index (Phi) is 4.14. The van der Waals surface area contributed by atoms with Crippen molar-refractivity contribution in [2.45, 2.75) is 83.3 Å². The molecule has 0 spiro atoms. The number of rotatable bonds is 2. The molecule has 8 atom stereocenters. The van der Waals surface area contributed by atoms with Crippen molar-refractivity contribution in [1.82, 2.24) is 0 Å². The van der Waals surface area contributed by atoms with Crippen LogP contribution >= 0.6 is 0 Å². The molecule has 0 saturated heterocycles. The molecule has 142 valence electrons. The summed E-state index contributed by atoms with van der Waals surface area (Å²) >= 11 is 0. The third-order valence-corrected chi connectivity index (χ3v) is 9.39. The van der Waals surface area contributed by atoms with E-state index in [1.165, 1.54) is 12.8 Å². The number of hydrogen-bond donors (Lipinski definition) is 3. The molecule has 4 heteroatoms. The van der Waals surface area contributed by atoms with Gasteiger partial charge in [0.15, 0.2) is 5.78 Å². The van der Waals surface area contributed by atoms with E-state index in [4.69, 9.17) is 0 Å². The van der Waals surface area contributed by atoms with E-state index >= 15 is 0 Å². The minimum Gasteiger partial charge on any atom is -0.393 e. The minimum atomic E-state index is -1.34. The summed E-state index contributed by atoms with van der Waals surface area (Å²) in [5.41, 5.74) is -1.41. The van der Waals surface area contributed by atoms with Crippen molar-refractivity contribution in [1.29, 1.82) is 0 Å². The molecule has 0 radical (unpaired) electrons. The Bertz CT molecular complexity index is 562. The summed E-state index contributed by atoms with van der Waals surface area (Å²) in [4.78, 5) is 12.4. The number of fused-ring (bicyclic) bond motifs is 5. The maximum Gasteiger partial charge on any atom is 0.190 e. The number of aliphatic hydroxyl groups is 3. The summed E-state index contributed by atoms with van der Waals surface area (Å²) in [6, 6.07) is 0. The third kappa shape index (κ3) is 2.26. The van der Waals surface area contributed by atoms with Gasteiger partial charge in [-0.25, -0.2) is 0 Å². The summed E-state index contributed by atoms with van der Waals surface area (Å²) in [5.74, 6) is 1.87. The molecular weight excluding hydrogens is 316 g/mol. The van der Waals surface area contributed by atoms with Crippen LogP contribution < -0.4 is 0 Å². The lowest BCUT2D eigenvalue weighted by Crippen LogP contribution is -2.59. The maximum absolute atomic E-state index is 12.4. The lowest BCUT2D eigenvalue weighted by molar-refractivity contribution is -0.174. The topological polar surface area (TPSA) is 77.8 Å². The Morgan fingerprint density at radius 3 is 2.44 bits per heavy atom. The number of Topliss-reactive ketones (excluding diaryl/α,β-unsaturated/α-hetero) is 1. The second-order valence-corrected chi connectivity index (χ2v) is 10.0. The van der Waals surface area contributed by atoms with Crippen molar-refractivity contribution in [3.05, 3.63) is 0 Å². The molecule has 4 fully saturated rings. The van der Waals surface area contributed by atoms with Crippen molar-refractivity contribution >= 4 is 5.78 Å². The summed E-state index contributed by atoms with van der Waals surface area (Å²) in [6.07, 6.45) is 8.58. The van der Waals surface area contributed by atoms with Gasteiger partial charge >= 0.3 is 0 Å². The molecule has 3 N–H and O–H groups in total. The Labute approximate surface area is 151 Å². The van der Waals surface area contributed by atoms with E-state index in [0.717, 1.165) is 38.5 Å². The SMILES string of the molecule is C[C@]12CC[C@H](O)C[C@@H]1CC[C@@H]1[C@@H]2CC[C@@]2(C)[C@H]1CC[C@]2(O)C(=O)CO. The molecule has 0 amide bonds. The van der Waals surface area contributed by atoms with Gasteiger partial charge in [-0.15, -0.1) is 0 Å². The van der Waals surface area contributed by atoms with Gasteiger partial charge in [-0.1, -0.05) is 13.8 Å². The fourth-order valence-corrected chi connectivity index (χ4v) is 7.84. The Morgan fingerprint density at radius 2 is 1.72 bits per heavy atom. The first-order valence-electron chi connectivity index (χ1n) is 10.3. The highest BCUT2D eigenvalue weighted by atomic mass is 16.3. The Hall–Kier alpha value is -0.450. The fourth-order valence-electron chi connectivity index (χ4n) is 7.84. The molecule has 0 unspecified atom stereocenters. The van der Waals surface area contributed by atoms with Crippen LogP contribution in [-0.4, -0.2) is 39.4 Å². The first kappa shape index (κ1) is 17.9. The van der Waals surface area contributed by atoms with Crippen molar-refractivity contribution in [3.8, 4) is 0 Å². The second kappa shape index (κ2) is 5.77. The highest BCUT2D eigenvalue weighted by Gasteiger charge is 2.66. The van der Waals surface area contributed by atoms with Crippen molar-refractivity contribution in [2.75, 3.05) is 6.61 Å². The number of carbonyl (C=O) groups excluding carboxylic acids is 1. The molecule has 0 aromatic heterocycles. The van der Waals surface area contributed by atoms with Crippen LogP contribution in [0.4, 0.5) is 0 Å². The van der Waals surface area contributed by atoms with E-state index in [2.05, 4.69) is 13.8 Å². The zero-order chi connectivity index (χ0) is 18.0. The smallest absolute Gasteiger partial charge is 0.190 e. The van der Waals surface area contributed by atoms with Crippen LogP contribution in [0.1, 0.15) is 71.6 Å². The van der Waals surface area contributed by atoms with E-state index in [1.54, 1.807) is 0 Å². The van der Waals surface area contributed by atoms with Crippen LogP contribution in [0.2, 0.25) is 0 Å². The molecule has 0 bridgehead atoms. The van der Waals surface area contributed by atoms with Gasteiger partial charge in [0.2, 0.25) is 0 Å². The van der Waals surface area contributed by atoms with Gasteiger partial charge in [0.25, 0.3) is 0 Å². The lowest BCUT2D eigenvalue weighted by atomic mass is 9.44. The van der Waals surface area contributed by atoms with E-state index in [9.17, 15) is 20.1 Å². The van der Waals surface area contributed by atoms with Gasteiger partial charge in [0, 0.05) is 5.41 Å². The molecule has 25 heavy (non-hydrogen) atoms. The van der Waals surface area contributed by atoms with Crippen LogP contribution in [0.25, 0.3) is 0 Å². The molecule has 0 aromatic carbocycles. The van der Waals surface area contributed by atoms with E-state index in [1.807, 2.05) is 0 Å². The first-order valence-corrected chi connectivity index (χ1v) is 10.3. The molecule has 4 aliphatic rings. The number of ketones is 1. The Morgan fingerprint density at radius 1 is 1.00 bits per heavy atom. The van der Waals surface area contributed by atoms with Crippen LogP contribution in [-0.2, 0) is 4.79 Å². The summed E-state index contributed by atoms with van der Waals surface area (Å²) < 4.78 is 0. The minimum absolute atomic E-state index is 0.123. The zero-order valence-electron chi connectivity index (χ0n) is 15.7. The van der Waals surface area contributed by atoms with Crippen molar-refractivity contribution in [2.24, 2.45) is 34.5 Å². The second-order valence-electron chi connectivity index (χ2n) is 10.0. The molecular formula is C21H34O4. The molecule has 4 nitrogen and oxygen atoms in total. The summed E-state index contributed by atoms with van der Waals surface area (Å²) in [6.45, 7) is 4.00. The van der Waals surface area contributed by atoms with Crippen LogP contribution in [0, 0.1) is 34.5 Å². The van der Waals surface area contributed by atoms with Gasteiger partial charge in [-0.05, 0) is 86.9 Å². The maximum atomic E-state index is 12.4. The monoisotopic (exact) mass is 350 g/mol. The number of aliphatic hydroxyl groups excluding tert-OH is 2. The number of hydrogen-bond acceptors (Lipinski definition) is 4. The average Bonchev–Trinajstić information content (AvgIpc) is 2.87. The standard InChI is InChI=1S/C21H34O4/c1-19-8-5-14(23)11-13(19)3-4-15-16(19)6-9-20(2)17(15)7-10-21(20,25)18(24)12-22/h13-17,22-23,25H,3-12H2,1-2H3/t13-,14-,15+,16-,17-,19-,20-,21-/m0/s1. The van der Waals surface area contributed by atoms with E-state index < -0.39 is 12.2 Å². The van der Waals surface area contributed by atoms with E-state index in [0.29, 0.717) is 35.5 Å². The lowest BCUT2D eigenvalue weighted by Gasteiger charge is -2.61. The average molecular weight is 350 g/mol. The van der Waals surface area contributed by atoms with Gasteiger partial charge in [0.1, 0.15) is 12.2 Å². The fraction of sp³-hybridized carbons (Fsp3) is 0.952. The number of carbonyl (C=O) groups is 1. The molecule has 0 aliphatic heterocycles.